The van der Waals surface area contributed by atoms with Crippen LogP contribution in [0.4, 0.5) is 11.4 Å². The molecule has 11 nitrogen and oxygen atoms in total. The normalized spacial score (nSPS) is 17.2. The number of benzene rings is 4. The van der Waals surface area contributed by atoms with Crippen molar-refractivity contribution < 1.29 is 9.53 Å². The Labute approximate surface area is 250 Å². The third-order valence-corrected chi connectivity index (χ3v) is 8.29. The summed E-state index contributed by atoms with van der Waals surface area (Å²) >= 11 is 0. The van der Waals surface area contributed by atoms with Gasteiger partial charge in [-0.15, -0.1) is 5.10 Å². The van der Waals surface area contributed by atoms with Crippen LogP contribution in [0.15, 0.2) is 96.5 Å². The van der Waals surface area contributed by atoms with E-state index in [0.29, 0.717) is 44.6 Å². The molecule has 1 atom stereocenters. The fraction of sp³-hybridized carbons (Fsp3) is 0.0909. The molecule has 4 N–H and O–H groups in total. The van der Waals surface area contributed by atoms with Crippen molar-refractivity contribution >= 4 is 39.3 Å². The topological polar surface area (TPSA) is 162 Å². The summed E-state index contributed by atoms with van der Waals surface area (Å²) < 4.78 is 7.71. The van der Waals surface area contributed by atoms with Crippen LogP contribution in [0.25, 0.3) is 27.8 Å². The maximum Gasteiger partial charge on any atom is 0.248 e. The summed E-state index contributed by atoms with van der Waals surface area (Å²) in [6.07, 6.45) is 1.63. The number of nitrogens with two attached hydrogens (primary N) is 2. The van der Waals surface area contributed by atoms with Crippen molar-refractivity contribution in [3.05, 3.63) is 119 Å². The van der Waals surface area contributed by atoms with E-state index in [1.54, 1.807) is 21.8 Å². The molecular weight excluding hydrogens is 554 g/mol. The second kappa shape index (κ2) is 9.11. The van der Waals surface area contributed by atoms with Gasteiger partial charge in [0.25, 0.3) is 0 Å². The Hall–Kier alpha value is -6.28. The molecule has 1 amide bonds. The van der Waals surface area contributed by atoms with Crippen molar-refractivity contribution in [3.63, 3.8) is 0 Å². The van der Waals surface area contributed by atoms with Crippen LogP contribution in [0.3, 0.4) is 0 Å². The molecule has 6 aromatic rings. The highest BCUT2D eigenvalue weighted by Crippen LogP contribution is 2.58. The standard InChI is InChI=1S/C33H23N9O2/c1-18-7-6-8-19(13-18)42-20(16-37-40-42)17-41-27-12-5-2-9-21(27)33(32(41)43)22(15-34)31(36)44-30-23(35)14-26-29(28(30)33)39-25-11-4-3-10-24(25)38-26/h2-14,16H,17,35-36H2,1H3. The van der Waals surface area contributed by atoms with Crippen molar-refractivity contribution in [2.24, 2.45) is 5.73 Å². The van der Waals surface area contributed by atoms with Crippen LogP contribution in [0, 0.1) is 18.3 Å². The molecule has 4 heterocycles. The first-order chi connectivity index (χ1) is 21.4. The highest BCUT2D eigenvalue weighted by atomic mass is 16.5. The quantitative estimate of drug-likeness (QED) is 0.232. The van der Waals surface area contributed by atoms with Crippen molar-refractivity contribution in [2.75, 3.05) is 10.6 Å². The number of carbonyl (C=O) groups is 1. The van der Waals surface area contributed by atoms with E-state index in [4.69, 9.17) is 26.2 Å². The number of nitriles is 1. The lowest BCUT2D eigenvalue weighted by molar-refractivity contribution is -0.121. The highest BCUT2D eigenvalue weighted by molar-refractivity contribution is 6.16. The third-order valence-electron chi connectivity index (χ3n) is 8.29. The number of aromatic nitrogens is 5. The number of amides is 1. The van der Waals surface area contributed by atoms with Crippen LogP contribution in [0.5, 0.6) is 5.75 Å². The summed E-state index contributed by atoms with van der Waals surface area (Å²) in [6, 6.07) is 26.5. The molecule has 1 spiro atoms. The number of nitrogens with zero attached hydrogens (tertiary/aromatic N) is 7. The van der Waals surface area contributed by atoms with Gasteiger partial charge in [-0.25, -0.2) is 14.6 Å². The van der Waals surface area contributed by atoms with Gasteiger partial charge < -0.3 is 21.1 Å². The van der Waals surface area contributed by atoms with Crippen LogP contribution in [-0.4, -0.2) is 30.9 Å². The number of aryl methyl sites for hydroxylation is 1. The molecule has 44 heavy (non-hydrogen) atoms. The SMILES string of the molecule is Cc1cccc(-n2nncc2CN2C(=O)C3(C(C#N)=C(N)Oc4c(N)cc5nc6ccccc6nc5c43)c3ccccc32)c1. The summed E-state index contributed by atoms with van der Waals surface area (Å²) in [5.41, 5.74) is 17.6. The number of carbonyl (C=O) groups excluding carboxylic acids is 1. The van der Waals surface area contributed by atoms with Crippen LogP contribution >= 0.6 is 0 Å². The Morgan fingerprint density at radius 3 is 2.52 bits per heavy atom. The number of anilines is 2. The molecule has 0 saturated heterocycles. The Balaban J connectivity index is 1.41. The lowest BCUT2D eigenvalue weighted by atomic mass is 9.68. The summed E-state index contributed by atoms with van der Waals surface area (Å²) in [6.45, 7) is 2.11. The number of hydrogen-bond donors (Lipinski definition) is 2. The Morgan fingerprint density at radius 1 is 0.955 bits per heavy atom. The molecule has 1 unspecified atom stereocenters. The van der Waals surface area contributed by atoms with Crippen molar-refractivity contribution in [2.45, 2.75) is 18.9 Å². The average Bonchev–Trinajstić information content (AvgIpc) is 3.59. The zero-order valence-electron chi connectivity index (χ0n) is 23.4. The fourth-order valence-electron chi connectivity index (χ4n) is 6.43. The van der Waals surface area contributed by atoms with E-state index < -0.39 is 11.3 Å². The Kier molecular flexibility index (Phi) is 5.26. The van der Waals surface area contributed by atoms with E-state index in [1.807, 2.05) is 79.7 Å². The lowest BCUT2D eigenvalue weighted by Crippen LogP contribution is -2.46. The number of rotatable bonds is 3. The summed E-state index contributed by atoms with van der Waals surface area (Å²) in [5, 5.41) is 19.1. The van der Waals surface area contributed by atoms with Gasteiger partial charge >= 0.3 is 0 Å². The van der Waals surface area contributed by atoms with Crippen LogP contribution in [-0.2, 0) is 16.8 Å². The van der Waals surface area contributed by atoms with Gasteiger partial charge in [0.1, 0.15) is 17.1 Å². The van der Waals surface area contributed by atoms with Gasteiger partial charge in [0.15, 0.2) is 5.75 Å². The number of fused-ring (bicyclic) bond motifs is 7. The second-order valence-corrected chi connectivity index (χ2v) is 10.8. The van der Waals surface area contributed by atoms with E-state index in [2.05, 4.69) is 16.4 Å². The first-order valence-electron chi connectivity index (χ1n) is 13.9. The zero-order valence-corrected chi connectivity index (χ0v) is 23.4. The van der Waals surface area contributed by atoms with Gasteiger partial charge in [-0.05, 0) is 48.9 Å². The molecule has 212 valence electrons. The third kappa shape index (κ3) is 3.33. The molecule has 4 aromatic carbocycles. The minimum Gasteiger partial charge on any atom is -0.438 e. The van der Waals surface area contributed by atoms with E-state index in [1.165, 1.54) is 0 Å². The van der Waals surface area contributed by atoms with Crippen LogP contribution in [0.1, 0.15) is 22.4 Å². The maximum absolute atomic E-state index is 15.2. The number of hydrogen-bond acceptors (Lipinski definition) is 9. The van der Waals surface area contributed by atoms with Gasteiger partial charge in [-0.3, -0.25) is 4.79 Å². The lowest BCUT2D eigenvalue weighted by Gasteiger charge is -2.35. The van der Waals surface area contributed by atoms with Crippen LogP contribution in [0.2, 0.25) is 0 Å². The van der Waals surface area contributed by atoms with Crippen molar-refractivity contribution in [3.8, 4) is 17.5 Å². The number of nitrogen functional groups attached to an aromatic ring is 1. The smallest absolute Gasteiger partial charge is 0.248 e. The molecule has 2 aliphatic heterocycles. The minimum absolute atomic E-state index is 0.0443. The first-order valence-corrected chi connectivity index (χ1v) is 13.9. The van der Waals surface area contributed by atoms with E-state index in [-0.39, 0.29) is 29.4 Å². The second-order valence-electron chi connectivity index (χ2n) is 10.8. The molecule has 0 aliphatic carbocycles. The monoisotopic (exact) mass is 577 g/mol. The molecule has 8 rings (SSSR count). The van der Waals surface area contributed by atoms with Crippen molar-refractivity contribution in [1.82, 2.24) is 25.0 Å². The maximum atomic E-state index is 15.2. The summed E-state index contributed by atoms with van der Waals surface area (Å²) in [4.78, 5) is 26.5. The number of para-hydroxylation sites is 3. The molecule has 0 fully saturated rings. The zero-order chi connectivity index (χ0) is 30.2. The van der Waals surface area contributed by atoms with E-state index in [0.717, 1.165) is 11.3 Å². The average molecular weight is 578 g/mol. The van der Waals surface area contributed by atoms with E-state index >= 15 is 4.79 Å². The summed E-state index contributed by atoms with van der Waals surface area (Å²) in [7, 11) is 0. The largest absolute Gasteiger partial charge is 0.438 e. The predicted octanol–water partition coefficient (Wildman–Crippen LogP) is 4.17. The van der Waals surface area contributed by atoms with Gasteiger partial charge in [-0.2, -0.15) is 5.26 Å². The van der Waals surface area contributed by atoms with Gasteiger partial charge in [0.2, 0.25) is 11.8 Å². The molecule has 2 aliphatic rings. The minimum atomic E-state index is -1.70. The van der Waals surface area contributed by atoms with E-state index in [9.17, 15) is 5.26 Å². The van der Waals surface area contributed by atoms with Crippen LogP contribution < -0.4 is 21.1 Å². The van der Waals surface area contributed by atoms with Crippen molar-refractivity contribution in [1.29, 1.82) is 5.26 Å². The molecule has 11 heteroatoms. The fourth-order valence-corrected chi connectivity index (χ4v) is 6.43. The number of ether oxygens (including phenoxy) is 1. The van der Waals surface area contributed by atoms with Gasteiger partial charge in [0.05, 0.1) is 57.4 Å². The Morgan fingerprint density at radius 2 is 1.73 bits per heavy atom. The summed E-state index contributed by atoms with van der Waals surface area (Å²) in [5.74, 6) is -0.423. The highest BCUT2D eigenvalue weighted by Gasteiger charge is 2.60. The molecule has 2 aromatic heterocycles. The first kappa shape index (κ1) is 25.4. The molecule has 0 saturated carbocycles. The Bertz CT molecular complexity index is 2280. The molecule has 0 bridgehead atoms. The predicted molar refractivity (Wildman–Crippen MR) is 163 cm³/mol. The molecule has 0 radical (unpaired) electrons. The van der Waals surface area contributed by atoms with Gasteiger partial charge in [0, 0.05) is 11.3 Å². The van der Waals surface area contributed by atoms with Gasteiger partial charge in [-0.1, -0.05) is 47.7 Å². The molecular formula is C33H23N9O2.